The third-order valence-electron chi connectivity index (χ3n) is 2.89. The lowest BCUT2D eigenvalue weighted by molar-refractivity contribution is 0.0696. The lowest BCUT2D eigenvalue weighted by atomic mass is 10.1. The Morgan fingerprint density at radius 3 is 2.85 bits per heavy atom. The van der Waals surface area contributed by atoms with Crippen LogP contribution in [0.3, 0.4) is 0 Å². The second-order valence-corrected chi connectivity index (χ2v) is 4.13. The first-order chi connectivity index (χ1) is 6.45. The minimum absolute atomic E-state index is 0.661. The minimum atomic E-state index is 0.661. The highest BCUT2D eigenvalue weighted by atomic mass is 16.5. The van der Waals surface area contributed by atoms with Gasteiger partial charge in [0.15, 0.2) is 0 Å². The van der Waals surface area contributed by atoms with Crippen LogP contribution in [0.2, 0.25) is 0 Å². The molecule has 0 radical (unpaired) electrons. The number of rotatable bonds is 4. The van der Waals surface area contributed by atoms with E-state index in [1.165, 1.54) is 19.4 Å². The van der Waals surface area contributed by atoms with E-state index in [0.717, 1.165) is 38.9 Å². The first kappa shape index (κ1) is 9.44. The van der Waals surface area contributed by atoms with Gasteiger partial charge in [-0.15, -0.1) is 0 Å². The van der Waals surface area contributed by atoms with Gasteiger partial charge in [0.1, 0.15) is 0 Å². The van der Waals surface area contributed by atoms with Crippen LogP contribution in [0.1, 0.15) is 12.8 Å². The normalized spacial score (nSPS) is 34.2. The van der Waals surface area contributed by atoms with Crippen molar-refractivity contribution in [2.75, 3.05) is 39.5 Å². The lowest BCUT2D eigenvalue weighted by Gasteiger charge is -2.11. The molecule has 0 spiro atoms. The van der Waals surface area contributed by atoms with Crippen molar-refractivity contribution < 1.29 is 9.47 Å². The summed E-state index contributed by atoms with van der Waals surface area (Å²) >= 11 is 0. The summed E-state index contributed by atoms with van der Waals surface area (Å²) in [5.41, 5.74) is 0. The van der Waals surface area contributed by atoms with E-state index in [1.54, 1.807) is 0 Å². The van der Waals surface area contributed by atoms with Crippen molar-refractivity contribution in [1.82, 2.24) is 5.32 Å². The zero-order chi connectivity index (χ0) is 8.93. The van der Waals surface area contributed by atoms with E-state index >= 15 is 0 Å². The minimum Gasteiger partial charge on any atom is -0.381 e. The van der Waals surface area contributed by atoms with Gasteiger partial charge in [0.25, 0.3) is 0 Å². The number of nitrogens with one attached hydrogen (secondary N) is 1. The molecule has 76 valence electrons. The second-order valence-electron chi connectivity index (χ2n) is 4.13. The molecule has 2 saturated heterocycles. The first-order valence-electron chi connectivity index (χ1n) is 5.31. The first-order valence-corrected chi connectivity index (χ1v) is 5.31. The average molecular weight is 185 g/mol. The Morgan fingerprint density at radius 1 is 1.23 bits per heavy atom. The summed E-state index contributed by atoms with van der Waals surface area (Å²) in [5, 5.41) is 3.35. The average Bonchev–Trinajstić information content (AvgIpc) is 2.75. The predicted octanol–water partition coefficient (Wildman–Crippen LogP) is 0.649. The van der Waals surface area contributed by atoms with Crippen LogP contribution in [0.25, 0.3) is 0 Å². The van der Waals surface area contributed by atoms with Crippen LogP contribution in [-0.4, -0.2) is 39.5 Å². The molecule has 2 aliphatic rings. The Morgan fingerprint density at radius 2 is 2.15 bits per heavy atom. The fourth-order valence-electron chi connectivity index (χ4n) is 1.97. The molecule has 2 unspecified atom stereocenters. The van der Waals surface area contributed by atoms with Gasteiger partial charge in [-0.05, 0) is 25.3 Å². The highest BCUT2D eigenvalue weighted by molar-refractivity contribution is 4.71. The molecule has 1 N–H and O–H groups in total. The summed E-state index contributed by atoms with van der Waals surface area (Å²) in [7, 11) is 0. The molecule has 0 aromatic heterocycles. The third kappa shape index (κ3) is 2.93. The standard InChI is InChI=1S/C10H19NO2/c1-3-11-5-9(1)6-13-8-10-2-4-12-7-10/h9-11H,1-8H2. The fourth-order valence-corrected chi connectivity index (χ4v) is 1.97. The summed E-state index contributed by atoms with van der Waals surface area (Å²) < 4.78 is 11.0. The molecule has 0 saturated carbocycles. The Bertz CT molecular complexity index is 124. The van der Waals surface area contributed by atoms with Crippen LogP contribution in [0.4, 0.5) is 0 Å². The quantitative estimate of drug-likeness (QED) is 0.697. The topological polar surface area (TPSA) is 30.5 Å². The number of hydrogen-bond donors (Lipinski definition) is 1. The van der Waals surface area contributed by atoms with Gasteiger partial charge in [0.05, 0.1) is 19.8 Å². The molecule has 0 aromatic carbocycles. The van der Waals surface area contributed by atoms with Crippen molar-refractivity contribution in [1.29, 1.82) is 0 Å². The van der Waals surface area contributed by atoms with E-state index in [9.17, 15) is 0 Å². The van der Waals surface area contributed by atoms with Gasteiger partial charge in [0, 0.05) is 19.1 Å². The molecular weight excluding hydrogens is 166 g/mol. The van der Waals surface area contributed by atoms with E-state index in [-0.39, 0.29) is 0 Å². The van der Waals surface area contributed by atoms with Crippen LogP contribution in [0, 0.1) is 11.8 Å². The highest BCUT2D eigenvalue weighted by Crippen LogP contribution is 2.14. The van der Waals surface area contributed by atoms with E-state index in [4.69, 9.17) is 9.47 Å². The SMILES string of the molecule is C1CC(COCC2CCOC2)CN1. The van der Waals surface area contributed by atoms with Crippen LogP contribution >= 0.6 is 0 Å². The molecule has 0 aliphatic carbocycles. The molecule has 2 heterocycles. The van der Waals surface area contributed by atoms with E-state index in [1.807, 2.05) is 0 Å². The van der Waals surface area contributed by atoms with E-state index in [0.29, 0.717) is 5.92 Å². The number of ether oxygens (including phenoxy) is 2. The maximum atomic E-state index is 5.68. The van der Waals surface area contributed by atoms with Gasteiger partial charge < -0.3 is 14.8 Å². The van der Waals surface area contributed by atoms with Crippen molar-refractivity contribution in [2.24, 2.45) is 11.8 Å². The zero-order valence-electron chi connectivity index (χ0n) is 8.13. The van der Waals surface area contributed by atoms with E-state index in [2.05, 4.69) is 5.32 Å². The maximum absolute atomic E-state index is 5.68. The lowest BCUT2D eigenvalue weighted by Crippen LogP contribution is -2.17. The van der Waals surface area contributed by atoms with Gasteiger partial charge in [-0.1, -0.05) is 0 Å². The monoisotopic (exact) mass is 185 g/mol. The van der Waals surface area contributed by atoms with Crippen LogP contribution in [0.5, 0.6) is 0 Å². The molecule has 3 heteroatoms. The summed E-state index contributed by atoms with van der Waals surface area (Å²) in [6, 6.07) is 0. The van der Waals surface area contributed by atoms with Crippen molar-refractivity contribution >= 4 is 0 Å². The van der Waals surface area contributed by atoms with Gasteiger partial charge in [-0.2, -0.15) is 0 Å². The molecule has 2 atom stereocenters. The summed E-state index contributed by atoms with van der Waals surface area (Å²) in [5.74, 6) is 1.41. The molecule has 13 heavy (non-hydrogen) atoms. The largest absolute Gasteiger partial charge is 0.381 e. The molecular formula is C10H19NO2. The second kappa shape index (κ2) is 4.94. The molecule has 0 amide bonds. The molecule has 0 bridgehead atoms. The molecule has 2 rings (SSSR count). The van der Waals surface area contributed by atoms with Crippen molar-refractivity contribution in [3.8, 4) is 0 Å². The zero-order valence-corrected chi connectivity index (χ0v) is 8.13. The molecule has 2 fully saturated rings. The third-order valence-corrected chi connectivity index (χ3v) is 2.89. The van der Waals surface area contributed by atoms with Gasteiger partial charge in [-0.3, -0.25) is 0 Å². The fraction of sp³-hybridized carbons (Fsp3) is 1.00. The summed E-state index contributed by atoms with van der Waals surface area (Å²) in [6.45, 7) is 5.98. The predicted molar refractivity (Wildman–Crippen MR) is 50.7 cm³/mol. The Balaban J connectivity index is 1.52. The van der Waals surface area contributed by atoms with Gasteiger partial charge >= 0.3 is 0 Å². The smallest absolute Gasteiger partial charge is 0.0517 e. The van der Waals surface area contributed by atoms with Gasteiger partial charge in [-0.25, -0.2) is 0 Å². The van der Waals surface area contributed by atoms with Crippen LogP contribution in [-0.2, 0) is 9.47 Å². The van der Waals surface area contributed by atoms with E-state index < -0.39 is 0 Å². The molecule has 3 nitrogen and oxygen atoms in total. The highest BCUT2D eigenvalue weighted by Gasteiger charge is 2.18. The summed E-state index contributed by atoms with van der Waals surface area (Å²) in [6.07, 6.45) is 2.46. The number of hydrogen-bond acceptors (Lipinski definition) is 3. The Hall–Kier alpha value is -0.120. The van der Waals surface area contributed by atoms with Crippen molar-refractivity contribution in [3.05, 3.63) is 0 Å². The maximum Gasteiger partial charge on any atom is 0.0517 e. The van der Waals surface area contributed by atoms with Crippen LogP contribution in [0.15, 0.2) is 0 Å². The molecule has 0 aromatic rings. The van der Waals surface area contributed by atoms with Crippen molar-refractivity contribution in [3.63, 3.8) is 0 Å². The van der Waals surface area contributed by atoms with Gasteiger partial charge in [0.2, 0.25) is 0 Å². The molecule has 2 aliphatic heterocycles. The Labute approximate surface area is 79.8 Å². The Kier molecular flexibility index (Phi) is 3.58. The van der Waals surface area contributed by atoms with Crippen LogP contribution < -0.4 is 5.32 Å². The summed E-state index contributed by atoms with van der Waals surface area (Å²) in [4.78, 5) is 0. The van der Waals surface area contributed by atoms with Crippen molar-refractivity contribution in [2.45, 2.75) is 12.8 Å².